The monoisotopic (exact) mass is 240 g/mol. The fraction of sp³-hybridized carbons (Fsp3) is 0.455. The molecular weight excluding hydrogens is 224 g/mol. The van der Waals surface area contributed by atoms with Crippen LogP contribution in [0.5, 0.6) is 0 Å². The molecule has 1 aromatic carbocycles. The fourth-order valence-corrected chi connectivity index (χ4v) is 2.65. The first-order valence-electron chi connectivity index (χ1n) is 5.20. The van der Waals surface area contributed by atoms with E-state index in [4.69, 9.17) is 5.73 Å². The second-order valence-electron chi connectivity index (χ2n) is 3.99. The summed E-state index contributed by atoms with van der Waals surface area (Å²) in [4.78, 5) is 1.68. The number of nitrogen functional groups attached to an aromatic ring is 1. The summed E-state index contributed by atoms with van der Waals surface area (Å²) in [5, 5.41) is 19.6. The lowest BCUT2D eigenvalue weighted by atomic mass is 10.2. The van der Waals surface area contributed by atoms with Gasteiger partial charge in [0, 0.05) is 24.5 Å². The van der Waals surface area contributed by atoms with Crippen molar-refractivity contribution in [3.05, 3.63) is 29.8 Å². The lowest BCUT2D eigenvalue weighted by Gasteiger charge is -2.38. The SMILES string of the molecule is Nc1ccc(CN2CCSCC2(O)O)cc1. The quantitative estimate of drug-likeness (QED) is 0.517. The number of anilines is 1. The number of rotatable bonds is 2. The van der Waals surface area contributed by atoms with Crippen LogP contribution in [0.1, 0.15) is 5.56 Å². The normalized spacial score (nSPS) is 20.9. The molecule has 0 atom stereocenters. The fourth-order valence-electron chi connectivity index (χ4n) is 1.70. The lowest BCUT2D eigenvalue weighted by Crippen LogP contribution is -2.53. The Bertz CT molecular complexity index is 354. The Kier molecular flexibility index (Phi) is 3.39. The molecule has 1 aliphatic rings. The van der Waals surface area contributed by atoms with E-state index in [0.717, 1.165) is 17.0 Å². The average Bonchev–Trinajstić information content (AvgIpc) is 2.24. The molecular formula is C11H16N2O2S. The van der Waals surface area contributed by atoms with Crippen LogP contribution < -0.4 is 5.73 Å². The molecule has 0 bridgehead atoms. The van der Waals surface area contributed by atoms with Crippen LogP contribution in [0.3, 0.4) is 0 Å². The van der Waals surface area contributed by atoms with E-state index in [1.165, 1.54) is 0 Å². The Morgan fingerprint density at radius 2 is 2.00 bits per heavy atom. The molecule has 1 aromatic rings. The maximum Gasteiger partial charge on any atom is 0.234 e. The van der Waals surface area contributed by atoms with Crippen LogP contribution in [0.2, 0.25) is 0 Å². The van der Waals surface area contributed by atoms with Crippen LogP contribution in [-0.2, 0) is 6.54 Å². The number of thioether (sulfide) groups is 1. The van der Waals surface area contributed by atoms with E-state index >= 15 is 0 Å². The zero-order valence-corrected chi connectivity index (χ0v) is 9.78. The molecule has 5 heteroatoms. The maximum atomic E-state index is 9.79. The average molecular weight is 240 g/mol. The van der Waals surface area contributed by atoms with Gasteiger partial charge in [-0.3, -0.25) is 0 Å². The van der Waals surface area contributed by atoms with Crippen LogP contribution >= 0.6 is 11.8 Å². The molecule has 0 aliphatic carbocycles. The van der Waals surface area contributed by atoms with Crippen molar-refractivity contribution < 1.29 is 10.2 Å². The van der Waals surface area contributed by atoms with Gasteiger partial charge in [0.25, 0.3) is 0 Å². The zero-order valence-electron chi connectivity index (χ0n) is 8.97. The number of hydrogen-bond donors (Lipinski definition) is 3. The van der Waals surface area contributed by atoms with Gasteiger partial charge in [-0.05, 0) is 17.7 Å². The van der Waals surface area contributed by atoms with E-state index in [2.05, 4.69) is 0 Å². The number of nitrogens with zero attached hydrogens (tertiary/aromatic N) is 1. The Morgan fingerprint density at radius 3 is 2.62 bits per heavy atom. The minimum Gasteiger partial charge on any atom is -0.399 e. The zero-order chi connectivity index (χ0) is 11.6. The molecule has 1 fully saturated rings. The van der Waals surface area contributed by atoms with Crippen LogP contribution in [0.25, 0.3) is 0 Å². The molecule has 0 saturated carbocycles. The van der Waals surface area contributed by atoms with Crippen molar-refractivity contribution in [1.82, 2.24) is 4.90 Å². The summed E-state index contributed by atoms with van der Waals surface area (Å²) in [6.45, 7) is 1.22. The molecule has 0 unspecified atom stereocenters. The van der Waals surface area contributed by atoms with Gasteiger partial charge in [0.2, 0.25) is 5.91 Å². The first-order chi connectivity index (χ1) is 7.58. The second-order valence-corrected chi connectivity index (χ2v) is 5.10. The van der Waals surface area contributed by atoms with Gasteiger partial charge in [0.05, 0.1) is 5.75 Å². The highest BCUT2D eigenvalue weighted by Gasteiger charge is 2.34. The third-order valence-corrected chi connectivity index (χ3v) is 3.72. The maximum absolute atomic E-state index is 9.79. The Hall–Kier alpha value is -0.750. The molecule has 1 saturated heterocycles. The highest BCUT2D eigenvalue weighted by atomic mass is 32.2. The summed E-state index contributed by atoms with van der Waals surface area (Å²) in [5.41, 5.74) is 7.35. The number of aliphatic hydroxyl groups is 2. The molecule has 0 radical (unpaired) electrons. The van der Waals surface area contributed by atoms with Gasteiger partial charge in [-0.2, -0.15) is 11.8 Å². The lowest BCUT2D eigenvalue weighted by molar-refractivity contribution is -0.250. The van der Waals surface area contributed by atoms with Crippen molar-refractivity contribution in [1.29, 1.82) is 0 Å². The van der Waals surface area contributed by atoms with Crippen molar-refractivity contribution in [3.63, 3.8) is 0 Å². The minimum absolute atomic E-state index is 0.335. The smallest absolute Gasteiger partial charge is 0.234 e. The van der Waals surface area contributed by atoms with E-state index < -0.39 is 5.91 Å². The van der Waals surface area contributed by atoms with Crippen LogP contribution in [-0.4, -0.2) is 39.1 Å². The number of hydrogen-bond acceptors (Lipinski definition) is 5. The Balaban J connectivity index is 2.05. The Morgan fingerprint density at radius 1 is 1.31 bits per heavy atom. The van der Waals surface area contributed by atoms with E-state index in [9.17, 15) is 10.2 Å². The number of nitrogens with two attached hydrogens (primary N) is 1. The van der Waals surface area contributed by atoms with Crippen molar-refractivity contribution in [2.24, 2.45) is 0 Å². The molecule has 4 N–H and O–H groups in total. The Labute approximate surface area is 99.1 Å². The van der Waals surface area contributed by atoms with E-state index in [0.29, 0.717) is 18.8 Å². The van der Waals surface area contributed by atoms with Crippen molar-refractivity contribution in [2.45, 2.75) is 12.5 Å². The summed E-state index contributed by atoms with van der Waals surface area (Å²) in [7, 11) is 0. The minimum atomic E-state index is -1.69. The molecule has 88 valence electrons. The number of benzene rings is 1. The highest BCUT2D eigenvalue weighted by Crippen LogP contribution is 2.24. The summed E-state index contributed by atoms with van der Waals surface area (Å²) in [6, 6.07) is 7.47. The second kappa shape index (κ2) is 4.63. The van der Waals surface area contributed by atoms with Crippen molar-refractivity contribution in [2.75, 3.05) is 23.8 Å². The van der Waals surface area contributed by atoms with Gasteiger partial charge in [-0.25, -0.2) is 4.90 Å². The third-order valence-electron chi connectivity index (χ3n) is 2.66. The first kappa shape index (κ1) is 11.7. The predicted octanol–water partition coefficient (Wildman–Crippen LogP) is 0.456. The highest BCUT2D eigenvalue weighted by molar-refractivity contribution is 7.99. The molecule has 16 heavy (non-hydrogen) atoms. The molecule has 0 spiro atoms. The van der Waals surface area contributed by atoms with Crippen LogP contribution in [0.4, 0.5) is 5.69 Å². The van der Waals surface area contributed by atoms with Crippen molar-refractivity contribution in [3.8, 4) is 0 Å². The van der Waals surface area contributed by atoms with Crippen LogP contribution in [0, 0.1) is 0 Å². The summed E-state index contributed by atoms with van der Waals surface area (Å²) >= 11 is 1.56. The molecule has 4 nitrogen and oxygen atoms in total. The standard InChI is InChI=1S/C11H16N2O2S/c12-10-3-1-9(2-4-10)7-13-5-6-16-8-11(13,14)15/h1-4,14-15H,5-8,12H2. The summed E-state index contributed by atoms with van der Waals surface area (Å²) < 4.78 is 0. The van der Waals surface area contributed by atoms with E-state index in [1.54, 1.807) is 16.7 Å². The van der Waals surface area contributed by atoms with Gasteiger partial charge in [0.15, 0.2) is 0 Å². The topological polar surface area (TPSA) is 69.7 Å². The van der Waals surface area contributed by atoms with Gasteiger partial charge in [0.1, 0.15) is 0 Å². The van der Waals surface area contributed by atoms with E-state index in [-0.39, 0.29) is 0 Å². The first-order valence-corrected chi connectivity index (χ1v) is 6.35. The van der Waals surface area contributed by atoms with Crippen molar-refractivity contribution >= 4 is 17.4 Å². The molecule has 0 amide bonds. The molecule has 2 rings (SSSR count). The molecule has 0 aromatic heterocycles. The van der Waals surface area contributed by atoms with Gasteiger partial charge in [-0.1, -0.05) is 12.1 Å². The van der Waals surface area contributed by atoms with Gasteiger partial charge < -0.3 is 15.9 Å². The van der Waals surface area contributed by atoms with Gasteiger partial charge in [-0.15, -0.1) is 0 Å². The summed E-state index contributed by atoms with van der Waals surface area (Å²) in [6.07, 6.45) is 0. The van der Waals surface area contributed by atoms with Crippen LogP contribution in [0.15, 0.2) is 24.3 Å². The molecule has 1 heterocycles. The largest absolute Gasteiger partial charge is 0.399 e. The van der Waals surface area contributed by atoms with E-state index in [1.807, 2.05) is 24.3 Å². The third kappa shape index (κ3) is 2.68. The summed E-state index contributed by atoms with van der Waals surface area (Å²) in [5.74, 6) is -0.426. The van der Waals surface area contributed by atoms with Gasteiger partial charge >= 0.3 is 0 Å². The molecule has 1 aliphatic heterocycles. The predicted molar refractivity (Wildman–Crippen MR) is 65.8 cm³/mol.